The van der Waals surface area contributed by atoms with E-state index in [1.165, 1.54) is 25.5 Å². The van der Waals surface area contributed by atoms with Crippen LogP contribution < -0.4 is 10.6 Å². The van der Waals surface area contributed by atoms with E-state index in [2.05, 4.69) is 15.6 Å². The number of pyridine rings is 1. The van der Waals surface area contributed by atoms with Crippen molar-refractivity contribution in [2.45, 2.75) is 32.2 Å². The van der Waals surface area contributed by atoms with E-state index in [0.29, 0.717) is 17.4 Å². The van der Waals surface area contributed by atoms with Crippen LogP contribution in [-0.4, -0.2) is 29.0 Å². The van der Waals surface area contributed by atoms with Gasteiger partial charge in [0.25, 0.3) is 5.69 Å². The molecule has 1 aromatic rings. The first-order chi connectivity index (χ1) is 8.66. The molecule has 1 aliphatic heterocycles. The second-order valence-corrected chi connectivity index (χ2v) is 4.64. The topological polar surface area (TPSA) is 80.1 Å². The summed E-state index contributed by atoms with van der Waals surface area (Å²) in [6.07, 6.45) is 4.97. The third kappa shape index (κ3) is 3.16. The van der Waals surface area contributed by atoms with Crippen molar-refractivity contribution in [3.63, 3.8) is 0 Å². The first kappa shape index (κ1) is 12.8. The monoisotopic (exact) mass is 250 g/mol. The molecular weight excluding hydrogens is 232 g/mol. The molecule has 6 nitrogen and oxygen atoms in total. The van der Waals surface area contributed by atoms with Gasteiger partial charge in [0.05, 0.1) is 4.92 Å². The summed E-state index contributed by atoms with van der Waals surface area (Å²) < 4.78 is 0. The Balaban J connectivity index is 1.93. The normalized spacial score (nSPS) is 19.5. The zero-order chi connectivity index (χ0) is 13.0. The van der Waals surface area contributed by atoms with Crippen molar-refractivity contribution in [1.82, 2.24) is 10.3 Å². The molecule has 0 radical (unpaired) electrons. The molecular formula is C12H18N4O2. The molecule has 18 heavy (non-hydrogen) atoms. The van der Waals surface area contributed by atoms with Gasteiger partial charge in [0.15, 0.2) is 0 Å². The molecule has 1 fully saturated rings. The maximum absolute atomic E-state index is 10.7. The number of piperidine rings is 1. The summed E-state index contributed by atoms with van der Waals surface area (Å²) in [7, 11) is 0. The number of nitro groups is 1. The standard InChI is InChI=1S/C12H18N4O2/c1-9-6-12(15-8-11(9)16(17)18)14-7-10-4-2-3-5-13-10/h6,8,10,13H,2-5,7H2,1H3,(H,14,15). The Morgan fingerprint density at radius 2 is 2.44 bits per heavy atom. The van der Waals surface area contributed by atoms with Gasteiger partial charge in [0, 0.05) is 18.2 Å². The predicted octanol–water partition coefficient (Wildman–Crippen LogP) is 1.85. The quantitative estimate of drug-likeness (QED) is 0.629. The van der Waals surface area contributed by atoms with Crippen molar-refractivity contribution in [3.05, 3.63) is 27.9 Å². The Hall–Kier alpha value is -1.69. The minimum absolute atomic E-state index is 0.0661. The summed E-state index contributed by atoms with van der Waals surface area (Å²) in [5.74, 6) is 0.700. The van der Waals surface area contributed by atoms with Crippen LogP contribution in [0.5, 0.6) is 0 Å². The number of nitrogens with zero attached hydrogens (tertiary/aromatic N) is 2. The lowest BCUT2D eigenvalue weighted by molar-refractivity contribution is -0.385. The number of aryl methyl sites for hydroxylation is 1. The van der Waals surface area contributed by atoms with Gasteiger partial charge in [-0.25, -0.2) is 4.98 Å². The number of hydrogen-bond donors (Lipinski definition) is 2. The highest BCUT2D eigenvalue weighted by Gasteiger charge is 2.14. The van der Waals surface area contributed by atoms with Crippen molar-refractivity contribution >= 4 is 11.5 Å². The highest BCUT2D eigenvalue weighted by molar-refractivity contribution is 5.46. The molecule has 6 heteroatoms. The summed E-state index contributed by atoms with van der Waals surface area (Å²) in [5.41, 5.74) is 0.699. The van der Waals surface area contributed by atoms with Gasteiger partial charge in [-0.1, -0.05) is 6.42 Å². The van der Waals surface area contributed by atoms with Gasteiger partial charge in [0.2, 0.25) is 0 Å². The summed E-state index contributed by atoms with van der Waals surface area (Å²) in [5, 5.41) is 17.3. The molecule has 2 rings (SSSR count). The van der Waals surface area contributed by atoms with E-state index < -0.39 is 4.92 Å². The van der Waals surface area contributed by atoms with Crippen LogP contribution in [-0.2, 0) is 0 Å². The van der Waals surface area contributed by atoms with E-state index in [4.69, 9.17) is 0 Å². The largest absolute Gasteiger partial charge is 0.368 e. The van der Waals surface area contributed by atoms with Crippen molar-refractivity contribution in [1.29, 1.82) is 0 Å². The Morgan fingerprint density at radius 3 is 3.06 bits per heavy atom. The molecule has 1 atom stereocenters. The first-order valence-electron chi connectivity index (χ1n) is 6.25. The van der Waals surface area contributed by atoms with Gasteiger partial charge in [-0.15, -0.1) is 0 Å². The van der Waals surface area contributed by atoms with Crippen LogP contribution in [0.1, 0.15) is 24.8 Å². The molecule has 1 aromatic heterocycles. The van der Waals surface area contributed by atoms with Crippen LogP contribution in [0.25, 0.3) is 0 Å². The molecule has 2 heterocycles. The highest BCUT2D eigenvalue weighted by Crippen LogP contribution is 2.19. The van der Waals surface area contributed by atoms with E-state index >= 15 is 0 Å². The van der Waals surface area contributed by atoms with Crippen molar-refractivity contribution < 1.29 is 4.92 Å². The SMILES string of the molecule is Cc1cc(NCC2CCCCN2)ncc1[N+](=O)[O-]. The Kier molecular flexibility index (Phi) is 4.09. The maximum Gasteiger partial charge on any atom is 0.290 e. The summed E-state index contributed by atoms with van der Waals surface area (Å²) in [6, 6.07) is 2.19. The highest BCUT2D eigenvalue weighted by atomic mass is 16.6. The van der Waals surface area contributed by atoms with Crippen LogP contribution in [0.15, 0.2) is 12.3 Å². The molecule has 2 N–H and O–H groups in total. The Morgan fingerprint density at radius 1 is 1.61 bits per heavy atom. The lowest BCUT2D eigenvalue weighted by Crippen LogP contribution is -2.39. The molecule has 1 aliphatic rings. The Labute approximate surface area is 106 Å². The number of hydrogen-bond acceptors (Lipinski definition) is 5. The van der Waals surface area contributed by atoms with Crippen LogP contribution in [0.2, 0.25) is 0 Å². The second-order valence-electron chi connectivity index (χ2n) is 4.64. The minimum Gasteiger partial charge on any atom is -0.368 e. The van der Waals surface area contributed by atoms with Gasteiger partial charge in [-0.2, -0.15) is 0 Å². The molecule has 0 spiro atoms. The zero-order valence-corrected chi connectivity index (χ0v) is 10.5. The number of rotatable bonds is 4. The van der Waals surface area contributed by atoms with E-state index in [1.54, 1.807) is 13.0 Å². The number of aromatic nitrogens is 1. The fourth-order valence-corrected chi connectivity index (χ4v) is 2.16. The van der Waals surface area contributed by atoms with Crippen LogP contribution in [0.3, 0.4) is 0 Å². The zero-order valence-electron chi connectivity index (χ0n) is 10.5. The van der Waals surface area contributed by atoms with Crippen molar-refractivity contribution in [2.75, 3.05) is 18.4 Å². The van der Waals surface area contributed by atoms with Crippen LogP contribution >= 0.6 is 0 Å². The van der Waals surface area contributed by atoms with Gasteiger partial charge in [-0.3, -0.25) is 10.1 Å². The van der Waals surface area contributed by atoms with Gasteiger partial charge in [-0.05, 0) is 32.4 Å². The summed E-state index contributed by atoms with van der Waals surface area (Å²) in [6.45, 7) is 3.60. The van der Waals surface area contributed by atoms with Gasteiger partial charge < -0.3 is 10.6 Å². The predicted molar refractivity (Wildman–Crippen MR) is 69.8 cm³/mol. The van der Waals surface area contributed by atoms with Crippen molar-refractivity contribution in [3.8, 4) is 0 Å². The molecule has 98 valence electrons. The number of nitrogens with one attached hydrogen (secondary N) is 2. The minimum atomic E-state index is -0.408. The lowest BCUT2D eigenvalue weighted by Gasteiger charge is -2.23. The molecule has 0 bridgehead atoms. The first-order valence-corrected chi connectivity index (χ1v) is 6.25. The maximum atomic E-state index is 10.7. The van der Waals surface area contributed by atoms with Crippen LogP contribution in [0, 0.1) is 17.0 Å². The van der Waals surface area contributed by atoms with E-state index in [9.17, 15) is 10.1 Å². The summed E-state index contributed by atoms with van der Waals surface area (Å²) >= 11 is 0. The summed E-state index contributed by atoms with van der Waals surface area (Å²) in [4.78, 5) is 14.3. The molecule has 1 saturated heterocycles. The molecule has 1 unspecified atom stereocenters. The molecule has 0 amide bonds. The fraction of sp³-hybridized carbons (Fsp3) is 0.583. The second kappa shape index (κ2) is 5.77. The molecule has 0 aliphatic carbocycles. The third-order valence-corrected chi connectivity index (χ3v) is 3.22. The van der Waals surface area contributed by atoms with E-state index in [-0.39, 0.29) is 5.69 Å². The van der Waals surface area contributed by atoms with E-state index in [0.717, 1.165) is 13.1 Å². The lowest BCUT2D eigenvalue weighted by atomic mass is 10.1. The molecule has 0 aromatic carbocycles. The van der Waals surface area contributed by atoms with Crippen molar-refractivity contribution in [2.24, 2.45) is 0 Å². The van der Waals surface area contributed by atoms with E-state index in [1.807, 2.05) is 0 Å². The fourth-order valence-electron chi connectivity index (χ4n) is 2.16. The van der Waals surface area contributed by atoms with Gasteiger partial charge in [0.1, 0.15) is 12.0 Å². The smallest absolute Gasteiger partial charge is 0.290 e. The third-order valence-electron chi connectivity index (χ3n) is 3.22. The number of anilines is 1. The average Bonchev–Trinajstić information content (AvgIpc) is 2.37. The Bertz CT molecular complexity index is 430. The molecule has 0 saturated carbocycles. The van der Waals surface area contributed by atoms with Crippen LogP contribution in [0.4, 0.5) is 11.5 Å². The average molecular weight is 250 g/mol. The van der Waals surface area contributed by atoms with Gasteiger partial charge >= 0.3 is 0 Å².